The summed E-state index contributed by atoms with van der Waals surface area (Å²) in [6.45, 7) is 2.01. The van der Waals surface area contributed by atoms with Crippen LogP contribution >= 0.6 is 0 Å². The summed E-state index contributed by atoms with van der Waals surface area (Å²) in [6.07, 6.45) is 1.84. The molecule has 10 heteroatoms. The lowest BCUT2D eigenvalue weighted by Gasteiger charge is -2.22. The molecule has 1 fully saturated rings. The van der Waals surface area contributed by atoms with Gasteiger partial charge in [0.15, 0.2) is 5.82 Å². The molecular weight excluding hydrogens is 367 g/mol. The number of carbonyl (C=O) groups is 1. The molecule has 1 amide bonds. The fourth-order valence-corrected chi connectivity index (χ4v) is 3.30. The van der Waals surface area contributed by atoms with Gasteiger partial charge in [0.25, 0.3) is 5.91 Å². The number of fused-ring (bicyclic) bond motifs is 1. The van der Waals surface area contributed by atoms with Gasteiger partial charge in [-0.2, -0.15) is 0 Å². The summed E-state index contributed by atoms with van der Waals surface area (Å²) < 4.78 is 15.1. The van der Waals surface area contributed by atoms with E-state index < -0.39 is 10.7 Å². The molecule has 1 aromatic carbocycles. The highest BCUT2D eigenvalue weighted by molar-refractivity contribution is 5.94. The largest absolute Gasteiger partial charge is 0.368 e. The minimum Gasteiger partial charge on any atom is -0.358 e. The van der Waals surface area contributed by atoms with Gasteiger partial charge in [-0.15, -0.1) is 0 Å². The van der Waals surface area contributed by atoms with Gasteiger partial charge in [-0.1, -0.05) is 21.7 Å². The number of hydrogen-bond donors (Lipinski definition) is 0. The highest BCUT2D eigenvalue weighted by Crippen LogP contribution is 2.19. The van der Waals surface area contributed by atoms with Gasteiger partial charge in [-0.3, -0.25) is 4.79 Å². The molecule has 3 aromatic rings. The first-order chi connectivity index (χ1) is 13.5. The van der Waals surface area contributed by atoms with Gasteiger partial charge in [-0.25, -0.2) is 9.37 Å². The molecule has 144 valence electrons. The third-order valence-electron chi connectivity index (χ3n) is 4.73. The number of aromatic nitrogens is 3. The number of nitrogens with zero attached hydrogens (tertiary/aromatic N) is 6. The lowest BCUT2D eigenvalue weighted by atomic mass is 10.2. The molecule has 0 bridgehead atoms. The molecule has 3 heterocycles. The number of anilines is 1. The second-order valence-electron chi connectivity index (χ2n) is 6.45. The van der Waals surface area contributed by atoms with Crippen molar-refractivity contribution in [3.63, 3.8) is 0 Å². The van der Waals surface area contributed by atoms with Crippen LogP contribution in [0, 0.1) is 15.9 Å². The van der Waals surface area contributed by atoms with Gasteiger partial charge < -0.3 is 19.9 Å². The third kappa shape index (κ3) is 3.24. The number of rotatable bonds is 3. The van der Waals surface area contributed by atoms with Crippen LogP contribution in [-0.4, -0.2) is 56.5 Å². The smallest absolute Gasteiger partial charge is 0.358 e. The van der Waals surface area contributed by atoms with Crippen LogP contribution < -0.4 is 4.90 Å². The average molecular weight is 384 g/mol. The van der Waals surface area contributed by atoms with Crippen molar-refractivity contribution in [1.82, 2.24) is 19.5 Å². The minimum absolute atomic E-state index is 0.0598. The molecule has 2 aromatic heterocycles. The molecule has 0 saturated carbocycles. The first kappa shape index (κ1) is 17.8. The second kappa shape index (κ2) is 7.22. The Kier molecular flexibility index (Phi) is 4.60. The molecule has 9 nitrogen and oxygen atoms in total. The standard InChI is InChI=1S/C18H17FN6O3/c19-14-5-2-1-4-13(14)18(26)23-9-3-8-22(10-11-23)16-7-6-15-20-12-17(25(27)28)24(15)21-16/h1-2,4-7,12H,3,8-11H2. The number of amides is 1. The number of nitro groups is 1. The van der Waals surface area contributed by atoms with Crippen LogP contribution in [-0.2, 0) is 0 Å². The predicted molar refractivity (Wildman–Crippen MR) is 98.8 cm³/mol. The van der Waals surface area contributed by atoms with Crippen molar-refractivity contribution in [2.24, 2.45) is 0 Å². The van der Waals surface area contributed by atoms with Crippen LogP contribution in [0.4, 0.5) is 16.0 Å². The van der Waals surface area contributed by atoms with E-state index >= 15 is 0 Å². The Hall–Kier alpha value is -3.56. The van der Waals surface area contributed by atoms with E-state index in [1.54, 1.807) is 29.2 Å². The monoisotopic (exact) mass is 384 g/mol. The van der Waals surface area contributed by atoms with Crippen LogP contribution in [0.1, 0.15) is 16.8 Å². The molecule has 0 spiro atoms. The van der Waals surface area contributed by atoms with Crippen molar-refractivity contribution >= 4 is 23.2 Å². The van der Waals surface area contributed by atoms with Gasteiger partial charge in [0, 0.05) is 32.2 Å². The van der Waals surface area contributed by atoms with Crippen LogP contribution in [0.2, 0.25) is 0 Å². The summed E-state index contributed by atoms with van der Waals surface area (Å²) >= 11 is 0. The maximum Gasteiger partial charge on any atom is 0.368 e. The van der Waals surface area contributed by atoms with E-state index in [0.29, 0.717) is 44.1 Å². The predicted octanol–water partition coefficient (Wildman–Crippen LogP) is 2.13. The summed E-state index contributed by atoms with van der Waals surface area (Å²) in [5.41, 5.74) is 0.450. The Labute approximate surface area is 159 Å². The van der Waals surface area contributed by atoms with E-state index in [2.05, 4.69) is 10.1 Å². The second-order valence-corrected chi connectivity index (χ2v) is 6.45. The Morgan fingerprint density at radius 2 is 1.93 bits per heavy atom. The Morgan fingerprint density at radius 1 is 1.11 bits per heavy atom. The molecule has 1 aliphatic rings. The van der Waals surface area contributed by atoms with E-state index in [1.807, 2.05) is 4.90 Å². The van der Waals surface area contributed by atoms with Crippen molar-refractivity contribution in [2.45, 2.75) is 6.42 Å². The van der Waals surface area contributed by atoms with E-state index in [-0.39, 0.29) is 17.3 Å². The third-order valence-corrected chi connectivity index (χ3v) is 4.73. The van der Waals surface area contributed by atoms with E-state index in [1.165, 1.54) is 22.8 Å². The van der Waals surface area contributed by atoms with Gasteiger partial charge in [0.2, 0.25) is 5.65 Å². The van der Waals surface area contributed by atoms with E-state index in [4.69, 9.17) is 0 Å². The summed E-state index contributed by atoms with van der Waals surface area (Å²) in [6, 6.07) is 9.36. The minimum atomic E-state index is -0.534. The van der Waals surface area contributed by atoms with Gasteiger partial charge in [0.1, 0.15) is 12.0 Å². The maximum atomic E-state index is 13.9. The summed E-state index contributed by atoms with van der Waals surface area (Å²) in [5, 5.41) is 15.5. The molecule has 0 atom stereocenters. The number of hydrogen-bond acceptors (Lipinski definition) is 6. The SMILES string of the molecule is O=C(c1ccccc1F)N1CCCN(c2ccc3ncc([N+](=O)[O-])n3n2)CC1. The molecule has 0 unspecified atom stereocenters. The van der Waals surface area contributed by atoms with Crippen LogP contribution in [0.3, 0.4) is 0 Å². The molecule has 1 saturated heterocycles. The Morgan fingerprint density at radius 3 is 2.71 bits per heavy atom. The number of benzene rings is 1. The van der Waals surface area contributed by atoms with Gasteiger partial charge >= 0.3 is 5.82 Å². The molecular formula is C18H17FN6O3. The first-order valence-electron chi connectivity index (χ1n) is 8.82. The van der Waals surface area contributed by atoms with Crippen LogP contribution in [0.5, 0.6) is 0 Å². The highest BCUT2D eigenvalue weighted by Gasteiger charge is 2.24. The van der Waals surface area contributed by atoms with Crippen LogP contribution in [0.25, 0.3) is 5.65 Å². The topological polar surface area (TPSA) is 96.9 Å². The van der Waals surface area contributed by atoms with Crippen molar-refractivity contribution in [2.75, 3.05) is 31.1 Å². The zero-order chi connectivity index (χ0) is 19.7. The number of imidazole rings is 1. The Balaban J connectivity index is 1.53. The first-order valence-corrected chi connectivity index (χ1v) is 8.82. The maximum absolute atomic E-state index is 13.9. The lowest BCUT2D eigenvalue weighted by Crippen LogP contribution is -2.35. The fraction of sp³-hybridized carbons (Fsp3) is 0.278. The fourth-order valence-electron chi connectivity index (χ4n) is 3.30. The van der Waals surface area contributed by atoms with Crippen molar-refractivity contribution in [3.8, 4) is 0 Å². The molecule has 4 rings (SSSR count). The highest BCUT2D eigenvalue weighted by atomic mass is 19.1. The zero-order valence-corrected chi connectivity index (χ0v) is 14.9. The van der Waals surface area contributed by atoms with E-state index in [0.717, 1.165) is 0 Å². The van der Waals surface area contributed by atoms with Crippen molar-refractivity contribution < 1.29 is 14.1 Å². The molecule has 0 radical (unpaired) electrons. The number of halogens is 1. The lowest BCUT2D eigenvalue weighted by molar-refractivity contribution is -0.391. The summed E-state index contributed by atoms with van der Waals surface area (Å²) in [5.74, 6) is -0.515. The number of carbonyl (C=O) groups excluding carboxylic acids is 1. The van der Waals surface area contributed by atoms with Gasteiger partial charge in [0.05, 0.1) is 5.56 Å². The summed E-state index contributed by atoms with van der Waals surface area (Å²) in [7, 11) is 0. The average Bonchev–Trinajstić information content (AvgIpc) is 2.96. The Bertz CT molecular complexity index is 1050. The van der Waals surface area contributed by atoms with E-state index in [9.17, 15) is 19.3 Å². The van der Waals surface area contributed by atoms with Crippen LogP contribution in [0.15, 0.2) is 42.6 Å². The molecule has 1 aliphatic heterocycles. The quantitative estimate of drug-likeness (QED) is 0.507. The van der Waals surface area contributed by atoms with Gasteiger partial charge in [-0.05, 0) is 29.5 Å². The molecule has 28 heavy (non-hydrogen) atoms. The zero-order valence-electron chi connectivity index (χ0n) is 14.9. The van der Waals surface area contributed by atoms with Crippen molar-refractivity contribution in [3.05, 3.63) is 64.1 Å². The summed E-state index contributed by atoms with van der Waals surface area (Å²) in [4.78, 5) is 30.8. The normalized spacial score (nSPS) is 14.9. The molecule has 0 aliphatic carbocycles. The van der Waals surface area contributed by atoms with Crippen molar-refractivity contribution in [1.29, 1.82) is 0 Å². The molecule has 0 N–H and O–H groups in total.